The zero-order valence-corrected chi connectivity index (χ0v) is 18.1. The predicted molar refractivity (Wildman–Crippen MR) is 119 cm³/mol. The van der Waals surface area contributed by atoms with Crippen LogP contribution in [0.15, 0.2) is 30.3 Å². The van der Waals surface area contributed by atoms with Crippen molar-refractivity contribution in [3.63, 3.8) is 0 Å². The van der Waals surface area contributed by atoms with E-state index >= 15 is 0 Å². The molecule has 0 aliphatic heterocycles. The summed E-state index contributed by atoms with van der Waals surface area (Å²) < 4.78 is 0. The Morgan fingerprint density at radius 3 is 1.82 bits per heavy atom. The number of aliphatic hydroxyl groups excluding tert-OH is 1. The van der Waals surface area contributed by atoms with Crippen molar-refractivity contribution in [2.24, 2.45) is 0 Å². The van der Waals surface area contributed by atoms with Gasteiger partial charge < -0.3 is 10.4 Å². The minimum absolute atomic E-state index is 0.0146. The van der Waals surface area contributed by atoms with Gasteiger partial charge in [-0.3, -0.25) is 4.79 Å². The Hall–Kier alpha value is -1.35. The number of amides is 1. The Kier molecular flexibility index (Phi) is 15.6. The molecule has 3 nitrogen and oxygen atoms in total. The third-order valence-corrected chi connectivity index (χ3v) is 5.42. The first-order valence-electron chi connectivity index (χ1n) is 11.7. The van der Waals surface area contributed by atoms with E-state index in [1.807, 2.05) is 30.3 Å². The summed E-state index contributed by atoms with van der Waals surface area (Å²) in [5.74, 6) is 0.0676. The van der Waals surface area contributed by atoms with Crippen LogP contribution in [0.3, 0.4) is 0 Å². The molecule has 0 aliphatic carbocycles. The lowest BCUT2D eigenvalue weighted by molar-refractivity contribution is -0.122. The molecule has 160 valence electrons. The van der Waals surface area contributed by atoms with Crippen molar-refractivity contribution in [3.8, 4) is 0 Å². The van der Waals surface area contributed by atoms with E-state index in [1.165, 1.54) is 70.6 Å². The Bertz CT molecular complexity index is 475. The van der Waals surface area contributed by atoms with Gasteiger partial charge in [-0.05, 0) is 18.4 Å². The molecule has 0 saturated carbocycles. The molecule has 0 aliphatic rings. The molecule has 0 heterocycles. The lowest BCUT2D eigenvalue weighted by Gasteiger charge is -2.16. The Balaban J connectivity index is 1.93. The maximum Gasteiger partial charge on any atom is 0.220 e. The van der Waals surface area contributed by atoms with Gasteiger partial charge >= 0.3 is 0 Å². The number of hydrogen-bond donors (Lipinski definition) is 2. The first-order valence-corrected chi connectivity index (χ1v) is 11.7. The first kappa shape index (κ1) is 24.7. The van der Waals surface area contributed by atoms with Crippen LogP contribution < -0.4 is 5.32 Å². The molecule has 1 atom stereocenters. The quantitative estimate of drug-likeness (QED) is 0.294. The van der Waals surface area contributed by atoms with E-state index in [-0.39, 0.29) is 18.6 Å². The Morgan fingerprint density at radius 2 is 1.32 bits per heavy atom. The summed E-state index contributed by atoms with van der Waals surface area (Å²) >= 11 is 0. The van der Waals surface area contributed by atoms with Crippen molar-refractivity contribution in [3.05, 3.63) is 35.9 Å². The first-order chi connectivity index (χ1) is 13.8. The van der Waals surface area contributed by atoms with Gasteiger partial charge in [0.1, 0.15) is 0 Å². The van der Waals surface area contributed by atoms with E-state index in [4.69, 9.17) is 0 Å². The largest absolute Gasteiger partial charge is 0.394 e. The number of unbranched alkanes of at least 4 members (excludes halogenated alkanes) is 12. The average Bonchev–Trinajstić information content (AvgIpc) is 2.71. The van der Waals surface area contributed by atoms with Gasteiger partial charge in [0.2, 0.25) is 5.91 Å². The van der Waals surface area contributed by atoms with E-state index in [0.29, 0.717) is 12.8 Å². The number of rotatable bonds is 18. The molecule has 1 aromatic carbocycles. The van der Waals surface area contributed by atoms with Crippen molar-refractivity contribution >= 4 is 5.91 Å². The van der Waals surface area contributed by atoms with Crippen LogP contribution >= 0.6 is 0 Å². The molecule has 0 fully saturated rings. The van der Waals surface area contributed by atoms with Gasteiger partial charge in [0.05, 0.1) is 12.6 Å². The lowest BCUT2D eigenvalue weighted by atomic mass is 10.0. The molecule has 28 heavy (non-hydrogen) atoms. The van der Waals surface area contributed by atoms with Crippen LogP contribution in [-0.2, 0) is 11.2 Å². The predicted octanol–water partition coefficient (Wildman–Crippen LogP) is 6.19. The number of aliphatic hydroxyl groups is 1. The zero-order valence-electron chi connectivity index (χ0n) is 18.1. The summed E-state index contributed by atoms with van der Waals surface area (Å²) in [5, 5.41) is 12.5. The van der Waals surface area contributed by atoms with E-state index in [2.05, 4.69) is 12.2 Å². The van der Waals surface area contributed by atoms with Crippen LogP contribution in [-0.4, -0.2) is 23.7 Å². The monoisotopic (exact) mass is 389 g/mol. The summed E-state index contributed by atoms with van der Waals surface area (Å²) in [5.41, 5.74) is 1.14. The SMILES string of the molecule is CCCCCCCCCCCCCCCC(=O)N[C@H](CO)Cc1ccccc1. The van der Waals surface area contributed by atoms with Crippen molar-refractivity contribution in [1.82, 2.24) is 5.32 Å². The third-order valence-electron chi connectivity index (χ3n) is 5.42. The molecule has 0 radical (unpaired) electrons. The fourth-order valence-corrected chi connectivity index (χ4v) is 3.66. The number of hydrogen-bond acceptors (Lipinski definition) is 2. The van der Waals surface area contributed by atoms with Crippen LogP contribution in [0.4, 0.5) is 0 Å². The highest BCUT2D eigenvalue weighted by molar-refractivity contribution is 5.76. The van der Waals surface area contributed by atoms with Crippen LogP contribution in [0.1, 0.15) is 102 Å². The number of carbonyl (C=O) groups excluding carboxylic acids is 1. The van der Waals surface area contributed by atoms with Gasteiger partial charge in [0.25, 0.3) is 0 Å². The Morgan fingerprint density at radius 1 is 0.821 bits per heavy atom. The molecule has 0 bridgehead atoms. The highest BCUT2D eigenvalue weighted by Gasteiger charge is 2.11. The van der Waals surface area contributed by atoms with E-state index in [1.54, 1.807) is 0 Å². The molecular formula is C25H43NO2. The average molecular weight is 390 g/mol. The smallest absolute Gasteiger partial charge is 0.220 e. The fourth-order valence-electron chi connectivity index (χ4n) is 3.66. The van der Waals surface area contributed by atoms with Gasteiger partial charge in [-0.2, -0.15) is 0 Å². The third kappa shape index (κ3) is 13.8. The molecule has 1 aromatic rings. The standard InChI is InChI=1S/C25H43NO2/c1-2-3-4-5-6-7-8-9-10-11-12-13-17-20-25(28)26-24(22-27)21-23-18-15-14-16-19-23/h14-16,18-19,24,27H,2-13,17,20-22H2,1H3,(H,26,28)/t24-/m0/s1. The van der Waals surface area contributed by atoms with Crippen LogP contribution in [0, 0.1) is 0 Å². The normalized spacial score (nSPS) is 12.1. The second-order valence-electron chi connectivity index (χ2n) is 8.13. The molecule has 0 unspecified atom stereocenters. The van der Waals surface area contributed by atoms with Crippen molar-refractivity contribution in [1.29, 1.82) is 0 Å². The van der Waals surface area contributed by atoms with E-state index in [0.717, 1.165) is 18.4 Å². The molecular weight excluding hydrogens is 346 g/mol. The fraction of sp³-hybridized carbons (Fsp3) is 0.720. The summed E-state index contributed by atoms with van der Waals surface area (Å²) in [6.45, 7) is 2.25. The van der Waals surface area contributed by atoms with Crippen molar-refractivity contribution in [2.75, 3.05) is 6.61 Å². The van der Waals surface area contributed by atoms with E-state index in [9.17, 15) is 9.90 Å². The number of benzene rings is 1. The topological polar surface area (TPSA) is 49.3 Å². The Labute approximate surface area is 173 Å². The zero-order chi connectivity index (χ0) is 20.3. The summed E-state index contributed by atoms with van der Waals surface area (Å²) in [6.07, 6.45) is 18.3. The summed E-state index contributed by atoms with van der Waals surface area (Å²) in [6, 6.07) is 9.82. The number of carbonyl (C=O) groups is 1. The van der Waals surface area contributed by atoms with Gasteiger partial charge in [-0.15, -0.1) is 0 Å². The summed E-state index contributed by atoms with van der Waals surface area (Å²) in [7, 11) is 0. The molecule has 2 N–H and O–H groups in total. The number of nitrogens with one attached hydrogen (secondary N) is 1. The van der Waals surface area contributed by atoms with Crippen molar-refractivity contribution < 1.29 is 9.90 Å². The van der Waals surface area contributed by atoms with Crippen LogP contribution in [0.5, 0.6) is 0 Å². The maximum absolute atomic E-state index is 12.1. The van der Waals surface area contributed by atoms with Gasteiger partial charge in [0.15, 0.2) is 0 Å². The van der Waals surface area contributed by atoms with Gasteiger partial charge in [-0.1, -0.05) is 114 Å². The highest BCUT2D eigenvalue weighted by atomic mass is 16.3. The summed E-state index contributed by atoms with van der Waals surface area (Å²) in [4.78, 5) is 12.1. The molecule has 1 amide bonds. The lowest BCUT2D eigenvalue weighted by Crippen LogP contribution is -2.38. The second-order valence-corrected chi connectivity index (χ2v) is 8.13. The molecule has 0 aromatic heterocycles. The van der Waals surface area contributed by atoms with Crippen LogP contribution in [0.2, 0.25) is 0 Å². The minimum atomic E-state index is -0.183. The molecule has 3 heteroatoms. The maximum atomic E-state index is 12.1. The van der Waals surface area contributed by atoms with Crippen molar-refractivity contribution in [2.45, 2.75) is 109 Å². The van der Waals surface area contributed by atoms with Gasteiger partial charge in [-0.25, -0.2) is 0 Å². The van der Waals surface area contributed by atoms with Crippen LogP contribution in [0.25, 0.3) is 0 Å². The second kappa shape index (κ2) is 17.7. The molecule has 0 spiro atoms. The molecule has 1 rings (SSSR count). The van der Waals surface area contributed by atoms with E-state index < -0.39 is 0 Å². The highest BCUT2D eigenvalue weighted by Crippen LogP contribution is 2.13. The minimum Gasteiger partial charge on any atom is -0.394 e. The van der Waals surface area contributed by atoms with Gasteiger partial charge in [0, 0.05) is 6.42 Å². The molecule has 0 saturated heterocycles.